The number of anilines is 1. The first-order chi connectivity index (χ1) is 15.9. The molecule has 0 saturated carbocycles. The maximum atomic E-state index is 12.8. The highest BCUT2D eigenvalue weighted by molar-refractivity contribution is 5.92. The van der Waals surface area contributed by atoms with E-state index < -0.39 is 24.3 Å². The van der Waals surface area contributed by atoms with E-state index in [-0.39, 0.29) is 12.4 Å². The van der Waals surface area contributed by atoms with Crippen LogP contribution in [0.2, 0.25) is 0 Å². The zero-order chi connectivity index (χ0) is 23.8. The number of carbonyl (C=O) groups excluding carboxylic acids is 1. The summed E-state index contributed by atoms with van der Waals surface area (Å²) in [6.07, 6.45) is -0.490. The number of hydrogen-bond donors (Lipinski definition) is 3. The minimum Gasteiger partial charge on any atom is -0.507 e. The van der Waals surface area contributed by atoms with E-state index in [1.807, 2.05) is 6.07 Å². The highest BCUT2D eigenvalue weighted by Crippen LogP contribution is 2.35. The Morgan fingerprint density at radius 2 is 1.79 bits per heavy atom. The molecule has 2 atom stereocenters. The van der Waals surface area contributed by atoms with Crippen LogP contribution in [0.4, 0.5) is 10.5 Å². The number of carboxylic acid groups (broad SMARTS) is 1. The Balaban J connectivity index is 1.99. The van der Waals surface area contributed by atoms with Gasteiger partial charge in [-0.05, 0) is 48.7 Å². The number of carboxylic acids is 1. The number of nitrogens with one attached hydrogen (secondary N) is 1. The fraction of sp³-hybridized carbons (Fsp3) is 0.160. The Morgan fingerprint density at radius 3 is 2.42 bits per heavy atom. The minimum absolute atomic E-state index is 0.0594. The van der Waals surface area contributed by atoms with Gasteiger partial charge in [-0.25, -0.2) is 9.59 Å². The molecule has 0 spiro atoms. The molecule has 0 aromatic heterocycles. The van der Waals surface area contributed by atoms with Crippen molar-refractivity contribution in [3.05, 3.63) is 83.9 Å². The largest absolute Gasteiger partial charge is 0.507 e. The van der Waals surface area contributed by atoms with Gasteiger partial charge in [0.1, 0.15) is 11.9 Å². The quantitative estimate of drug-likeness (QED) is 0.426. The summed E-state index contributed by atoms with van der Waals surface area (Å²) in [6.45, 7) is 1.98. The van der Waals surface area contributed by atoms with E-state index in [1.54, 1.807) is 61.5 Å². The number of aromatic hydroxyl groups is 1. The zero-order valence-corrected chi connectivity index (χ0v) is 17.8. The number of rotatable bonds is 8. The second-order valence-electron chi connectivity index (χ2n) is 6.98. The maximum Gasteiger partial charge on any atom is 0.412 e. The van der Waals surface area contributed by atoms with Crippen LogP contribution < -0.4 is 5.32 Å². The molecule has 0 aliphatic carbocycles. The summed E-state index contributed by atoms with van der Waals surface area (Å²) in [4.78, 5) is 23.9. The van der Waals surface area contributed by atoms with Crippen molar-refractivity contribution < 1.29 is 29.3 Å². The number of phenolic OH excluding ortho intramolecular Hbond substituents is 1. The van der Waals surface area contributed by atoms with Gasteiger partial charge in [-0.15, -0.1) is 0 Å². The molecule has 1 amide bonds. The van der Waals surface area contributed by atoms with Crippen molar-refractivity contribution in [2.75, 3.05) is 11.9 Å². The Labute approximate surface area is 190 Å². The highest BCUT2D eigenvalue weighted by atomic mass is 16.6. The summed E-state index contributed by atoms with van der Waals surface area (Å²) in [5.74, 6) is -1.11. The first-order valence-corrected chi connectivity index (χ1v) is 10.1. The minimum atomic E-state index is -1.17. The second kappa shape index (κ2) is 10.8. The molecule has 0 fully saturated rings. The molecule has 33 heavy (non-hydrogen) atoms. The molecule has 3 N–H and O–H groups in total. The van der Waals surface area contributed by atoms with Crippen LogP contribution in [0, 0.1) is 11.3 Å². The number of amides is 1. The number of phenols is 1. The van der Waals surface area contributed by atoms with Crippen molar-refractivity contribution in [2.24, 2.45) is 0 Å². The molecule has 3 aromatic carbocycles. The van der Waals surface area contributed by atoms with Crippen molar-refractivity contribution in [3.63, 3.8) is 0 Å². The first-order valence-electron chi connectivity index (χ1n) is 10.1. The summed E-state index contributed by atoms with van der Waals surface area (Å²) in [5.41, 5.74) is 1.40. The van der Waals surface area contributed by atoms with Gasteiger partial charge in [0.15, 0.2) is 6.10 Å². The molecule has 0 saturated heterocycles. The number of ether oxygens (including phenoxy) is 2. The molecular weight excluding hydrogens is 424 g/mol. The smallest absolute Gasteiger partial charge is 0.412 e. The number of nitrogens with zero attached hydrogens (tertiary/aromatic N) is 1. The lowest BCUT2D eigenvalue weighted by atomic mass is 9.96. The van der Waals surface area contributed by atoms with E-state index >= 15 is 0 Å². The van der Waals surface area contributed by atoms with Gasteiger partial charge in [0.2, 0.25) is 0 Å². The van der Waals surface area contributed by atoms with Gasteiger partial charge in [-0.3, -0.25) is 5.32 Å². The third-order valence-electron chi connectivity index (χ3n) is 4.82. The molecule has 0 unspecified atom stereocenters. The highest BCUT2D eigenvalue weighted by Gasteiger charge is 2.28. The molecule has 8 nitrogen and oxygen atoms in total. The zero-order valence-electron chi connectivity index (χ0n) is 17.8. The number of benzene rings is 3. The second-order valence-corrected chi connectivity index (χ2v) is 6.98. The lowest BCUT2D eigenvalue weighted by Gasteiger charge is -2.26. The number of aliphatic carboxylic acids is 1. The van der Waals surface area contributed by atoms with E-state index in [0.717, 1.165) is 6.08 Å². The molecule has 3 rings (SSSR count). The lowest BCUT2D eigenvalue weighted by Crippen LogP contribution is -2.28. The molecule has 0 bridgehead atoms. The number of nitriles is 1. The topological polar surface area (TPSA) is 129 Å². The average Bonchev–Trinajstić information content (AvgIpc) is 2.81. The monoisotopic (exact) mass is 446 g/mol. The average molecular weight is 446 g/mol. The fourth-order valence-electron chi connectivity index (χ4n) is 3.37. The number of hydrogen-bond acceptors (Lipinski definition) is 6. The van der Waals surface area contributed by atoms with Crippen LogP contribution >= 0.6 is 0 Å². The van der Waals surface area contributed by atoms with Crippen molar-refractivity contribution in [3.8, 4) is 11.8 Å². The van der Waals surface area contributed by atoms with Crippen LogP contribution in [-0.2, 0) is 14.3 Å². The molecule has 168 valence electrons. The van der Waals surface area contributed by atoms with Gasteiger partial charge in [-0.1, -0.05) is 30.3 Å². The fourth-order valence-corrected chi connectivity index (χ4v) is 3.37. The van der Waals surface area contributed by atoms with Crippen LogP contribution in [0.5, 0.6) is 5.75 Å². The molecule has 0 radical (unpaired) electrons. The lowest BCUT2D eigenvalue weighted by molar-refractivity contribution is -0.131. The normalized spacial score (nSPS) is 12.7. The van der Waals surface area contributed by atoms with Gasteiger partial charge < -0.3 is 19.7 Å². The van der Waals surface area contributed by atoms with Gasteiger partial charge in [0, 0.05) is 29.3 Å². The van der Waals surface area contributed by atoms with E-state index in [0.29, 0.717) is 27.6 Å². The predicted molar refractivity (Wildman–Crippen MR) is 122 cm³/mol. The van der Waals surface area contributed by atoms with E-state index in [4.69, 9.17) is 19.8 Å². The van der Waals surface area contributed by atoms with Gasteiger partial charge in [0.05, 0.1) is 11.6 Å². The summed E-state index contributed by atoms with van der Waals surface area (Å²) in [7, 11) is 0. The van der Waals surface area contributed by atoms with Crippen LogP contribution in [0.3, 0.4) is 0 Å². The Bertz CT molecular complexity index is 1210. The van der Waals surface area contributed by atoms with Crippen LogP contribution in [0.15, 0.2) is 72.8 Å². The summed E-state index contributed by atoms with van der Waals surface area (Å²) < 4.78 is 11.4. The molecule has 8 heteroatoms. The SMILES string of the molecule is CCO[C@@H](/C=C/C(=O)O)[C@@H](OC(=O)Nc1ccc(C#N)cc1)c1ccc(O)c2ccccc12. The third-order valence-corrected chi connectivity index (χ3v) is 4.82. The van der Waals surface area contributed by atoms with Gasteiger partial charge >= 0.3 is 12.1 Å². The standard InChI is InChI=1S/C25H22N2O6/c1-2-32-22(13-14-23(29)30)24(20-11-12-21(28)19-6-4-3-5-18(19)20)33-25(31)27-17-9-7-16(15-26)8-10-17/h3-14,22,24,28H,2H2,1H3,(H,27,31)(H,29,30)/b14-13+/t22-,24-/m0/s1. The van der Waals surface area contributed by atoms with E-state index in [9.17, 15) is 14.7 Å². The van der Waals surface area contributed by atoms with Crippen molar-refractivity contribution in [1.29, 1.82) is 5.26 Å². The van der Waals surface area contributed by atoms with Crippen LogP contribution in [0.25, 0.3) is 10.8 Å². The summed E-state index contributed by atoms with van der Waals surface area (Å²) in [6, 6.07) is 18.4. The maximum absolute atomic E-state index is 12.8. The van der Waals surface area contributed by atoms with Crippen molar-refractivity contribution >= 4 is 28.5 Å². The Hall–Kier alpha value is -4.35. The number of carbonyl (C=O) groups is 2. The third kappa shape index (κ3) is 5.87. The first kappa shape index (κ1) is 23.3. The summed E-state index contributed by atoms with van der Waals surface area (Å²) in [5, 5.41) is 32.0. The molecule has 0 aliphatic rings. The predicted octanol–water partition coefficient (Wildman–Crippen LogP) is 4.75. The molecule has 0 aliphatic heterocycles. The van der Waals surface area contributed by atoms with Gasteiger partial charge in [-0.2, -0.15) is 5.26 Å². The van der Waals surface area contributed by atoms with Crippen LogP contribution in [0.1, 0.15) is 24.2 Å². The molecule has 0 heterocycles. The van der Waals surface area contributed by atoms with Crippen molar-refractivity contribution in [2.45, 2.75) is 19.1 Å². The summed E-state index contributed by atoms with van der Waals surface area (Å²) >= 11 is 0. The van der Waals surface area contributed by atoms with E-state index in [1.165, 1.54) is 12.1 Å². The van der Waals surface area contributed by atoms with Gasteiger partial charge in [0.25, 0.3) is 0 Å². The van der Waals surface area contributed by atoms with Crippen LogP contribution in [-0.4, -0.2) is 35.0 Å². The Morgan fingerprint density at radius 1 is 1.09 bits per heavy atom. The molecular formula is C25H22N2O6. The molecule has 3 aromatic rings. The van der Waals surface area contributed by atoms with E-state index in [2.05, 4.69) is 5.32 Å². The Kier molecular flexibility index (Phi) is 7.63. The number of fused-ring (bicyclic) bond motifs is 1. The van der Waals surface area contributed by atoms with Crippen molar-refractivity contribution in [1.82, 2.24) is 0 Å².